The van der Waals surface area contributed by atoms with Crippen LogP contribution in [0.3, 0.4) is 0 Å². The molecule has 4 heteroatoms. The number of likely N-dealkylation sites (tertiary alicyclic amines) is 1. The first kappa shape index (κ1) is 10.7. The first-order chi connectivity index (χ1) is 7.07. The van der Waals surface area contributed by atoms with Gasteiger partial charge in [-0.05, 0) is 39.2 Å². The van der Waals surface area contributed by atoms with Gasteiger partial charge in [-0.15, -0.1) is 0 Å². The van der Waals surface area contributed by atoms with Gasteiger partial charge in [0.1, 0.15) is 0 Å². The minimum absolute atomic E-state index is 0.127. The van der Waals surface area contributed by atoms with Gasteiger partial charge in [-0.2, -0.15) is 0 Å². The molecule has 0 aromatic rings. The summed E-state index contributed by atoms with van der Waals surface area (Å²) in [7, 11) is 1.45. The van der Waals surface area contributed by atoms with E-state index in [1.54, 1.807) is 0 Å². The molecule has 2 saturated heterocycles. The maximum Gasteiger partial charge on any atom is 0.409 e. The van der Waals surface area contributed by atoms with E-state index >= 15 is 0 Å². The smallest absolute Gasteiger partial charge is 0.409 e. The highest BCUT2D eigenvalue weighted by atomic mass is 16.5. The Morgan fingerprint density at radius 2 is 2.27 bits per heavy atom. The van der Waals surface area contributed by atoms with Crippen molar-refractivity contribution in [2.45, 2.75) is 38.3 Å². The Hall–Kier alpha value is -0.770. The lowest BCUT2D eigenvalue weighted by molar-refractivity contribution is 0.0915. The van der Waals surface area contributed by atoms with Crippen LogP contribution in [-0.4, -0.2) is 42.8 Å². The second-order valence-electron chi connectivity index (χ2n) is 5.07. The van der Waals surface area contributed by atoms with E-state index in [2.05, 4.69) is 19.2 Å². The normalized spacial score (nSPS) is 33.7. The van der Waals surface area contributed by atoms with E-state index in [4.69, 9.17) is 4.74 Å². The maximum absolute atomic E-state index is 11.6. The summed E-state index contributed by atoms with van der Waals surface area (Å²) in [6, 6.07) is 0.422. The third-order valence-corrected chi connectivity index (χ3v) is 3.86. The Morgan fingerprint density at radius 1 is 1.53 bits per heavy atom. The van der Waals surface area contributed by atoms with Gasteiger partial charge in [0, 0.05) is 12.6 Å². The first-order valence-electron chi connectivity index (χ1n) is 5.66. The Bertz CT molecular complexity index is 265. The zero-order valence-corrected chi connectivity index (χ0v) is 9.75. The molecular formula is C11H20N2O2. The standard InChI is InChI=1S/C11H20N2O2/c1-11(2)9-8(5-4-6-12-9)7-13(11)10(14)15-3/h8-9,12H,4-7H2,1-3H3. The van der Waals surface area contributed by atoms with Crippen molar-refractivity contribution in [3.05, 3.63) is 0 Å². The molecule has 0 saturated carbocycles. The molecule has 2 aliphatic heterocycles. The Morgan fingerprint density at radius 3 is 2.87 bits per heavy atom. The fraction of sp³-hybridized carbons (Fsp3) is 0.909. The Kier molecular flexibility index (Phi) is 2.63. The highest BCUT2D eigenvalue weighted by molar-refractivity contribution is 5.69. The zero-order valence-electron chi connectivity index (χ0n) is 9.75. The highest BCUT2D eigenvalue weighted by Crippen LogP contribution is 2.37. The van der Waals surface area contributed by atoms with Crippen LogP contribution in [0.5, 0.6) is 0 Å². The van der Waals surface area contributed by atoms with Crippen molar-refractivity contribution in [1.29, 1.82) is 0 Å². The van der Waals surface area contributed by atoms with E-state index in [1.165, 1.54) is 20.0 Å². The van der Waals surface area contributed by atoms with Crippen molar-refractivity contribution >= 4 is 6.09 Å². The molecule has 2 atom stereocenters. The van der Waals surface area contributed by atoms with E-state index in [9.17, 15) is 4.79 Å². The molecule has 0 bridgehead atoms. The van der Waals surface area contributed by atoms with Gasteiger partial charge in [-0.3, -0.25) is 0 Å². The van der Waals surface area contributed by atoms with Gasteiger partial charge in [0.05, 0.1) is 12.6 Å². The highest BCUT2D eigenvalue weighted by Gasteiger charge is 2.50. The van der Waals surface area contributed by atoms with Crippen LogP contribution >= 0.6 is 0 Å². The summed E-state index contributed by atoms with van der Waals surface area (Å²) in [4.78, 5) is 13.5. The molecule has 2 heterocycles. The molecule has 4 nitrogen and oxygen atoms in total. The molecule has 2 rings (SSSR count). The van der Waals surface area contributed by atoms with Gasteiger partial charge in [0.25, 0.3) is 0 Å². The SMILES string of the molecule is COC(=O)N1CC2CCCNC2C1(C)C. The van der Waals surface area contributed by atoms with E-state index in [0.717, 1.165) is 13.1 Å². The average Bonchev–Trinajstić information content (AvgIpc) is 2.51. The number of carbonyl (C=O) groups excluding carboxylic acids is 1. The summed E-state index contributed by atoms with van der Waals surface area (Å²) >= 11 is 0. The molecule has 2 unspecified atom stereocenters. The van der Waals surface area contributed by atoms with Crippen molar-refractivity contribution in [2.75, 3.05) is 20.2 Å². The van der Waals surface area contributed by atoms with Gasteiger partial charge in [-0.25, -0.2) is 4.79 Å². The molecule has 0 aromatic carbocycles. The topological polar surface area (TPSA) is 41.6 Å². The molecule has 0 radical (unpaired) electrons. The number of rotatable bonds is 0. The number of nitrogens with zero attached hydrogens (tertiary/aromatic N) is 1. The van der Waals surface area contributed by atoms with Crippen molar-refractivity contribution in [3.8, 4) is 0 Å². The van der Waals surface area contributed by atoms with Crippen LogP contribution in [-0.2, 0) is 4.74 Å². The first-order valence-corrected chi connectivity index (χ1v) is 5.66. The van der Waals surface area contributed by atoms with Crippen LogP contribution < -0.4 is 5.32 Å². The molecule has 1 amide bonds. The second kappa shape index (κ2) is 3.67. The molecule has 2 fully saturated rings. The third kappa shape index (κ3) is 1.61. The number of piperidine rings is 1. The summed E-state index contributed by atoms with van der Waals surface area (Å²) in [5.41, 5.74) is -0.127. The van der Waals surface area contributed by atoms with Crippen LogP contribution in [0.15, 0.2) is 0 Å². The van der Waals surface area contributed by atoms with Gasteiger partial charge in [0.15, 0.2) is 0 Å². The number of ether oxygens (including phenoxy) is 1. The van der Waals surface area contributed by atoms with Crippen molar-refractivity contribution < 1.29 is 9.53 Å². The van der Waals surface area contributed by atoms with E-state index in [-0.39, 0.29) is 11.6 Å². The average molecular weight is 212 g/mol. The number of amides is 1. The lowest BCUT2D eigenvalue weighted by Gasteiger charge is -2.37. The summed E-state index contributed by atoms with van der Waals surface area (Å²) in [5.74, 6) is 0.591. The van der Waals surface area contributed by atoms with Crippen LogP contribution in [0, 0.1) is 5.92 Å². The van der Waals surface area contributed by atoms with Crippen molar-refractivity contribution in [2.24, 2.45) is 5.92 Å². The van der Waals surface area contributed by atoms with Crippen LogP contribution in [0.2, 0.25) is 0 Å². The Labute approximate surface area is 91.0 Å². The molecule has 0 aliphatic carbocycles. The molecule has 15 heavy (non-hydrogen) atoms. The summed E-state index contributed by atoms with van der Waals surface area (Å²) in [6.45, 7) is 6.14. The molecular weight excluding hydrogens is 192 g/mol. The monoisotopic (exact) mass is 212 g/mol. The van der Waals surface area contributed by atoms with Crippen LogP contribution in [0.25, 0.3) is 0 Å². The molecule has 0 aromatic heterocycles. The predicted octanol–water partition coefficient (Wildman–Crippen LogP) is 1.22. The number of hydrogen-bond acceptors (Lipinski definition) is 3. The molecule has 0 spiro atoms. The molecule has 2 aliphatic rings. The molecule has 1 N–H and O–H groups in total. The van der Waals surface area contributed by atoms with Crippen LogP contribution in [0.4, 0.5) is 4.79 Å². The quantitative estimate of drug-likeness (QED) is 0.656. The molecule has 86 valence electrons. The summed E-state index contributed by atoms with van der Waals surface area (Å²) in [6.07, 6.45) is 2.23. The largest absolute Gasteiger partial charge is 0.453 e. The van der Waals surface area contributed by atoms with Crippen molar-refractivity contribution in [3.63, 3.8) is 0 Å². The van der Waals surface area contributed by atoms with Gasteiger partial charge in [0.2, 0.25) is 0 Å². The van der Waals surface area contributed by atoms with E-state index < -0.39 is 0 Å². The second-order valence-corrected chi connectivity index (χ2v) is 5.07. The number of nitrogens with one attached hydrogen (secondary N) is 1. The van der Waals surface area contributed by atoms with Gasteiger partial charge in [-0.1, -0.05) is 0 Å². The Balaban J connectivity index is 2.18. The lowest BCUT2D eigenvalue weighted by Crippen LogP contribution is -2.55. The maximum atomic E-state index is 11.6. The van der Waals surface area contributed by atoms with Crippen LogP contribution in [0.1, 0.15) is 26.7 Å². The number of carbonyl (C=O) groups is 1. The fourth-order valence-corrected chi connectivity index (χ4v) is 3.04. The summed E-state index contributed by atoms with van der Waals surface area (Å²) < 4.78 is 4.84. The van der Waals surface area contributed by atoms with Gasteiger partial charge < -0.3 is 15.0 Å². The number of fused-ring (bicyclic) bond motifs is 1. The minimum Gasteiger partial charge on any atom is -0.453 e. The number of methoxy groups -OCH3 is 1. The fourth-order valence-electron chi connectivity index (χ4n) is 3.04. The van der Waals surface area contributed by atoms with E-state index in [0.29, 0.717) is 12.0 Å². The van der Waals surface area contributed by atoms with E-state index in [1.807, 2.05) is 4.90 Å². The lowest BCUT2D eigenvalue weighted by atomic mass is 9.84. The predicted molar refractivity (Wildman–Crippen MR) is 57.7 cm³/mol. The zero-order chi connectivity index (χ0) is 11.1. The summed E-state index contributed by atoms with van der Waals surface area (Å²) in [5, 5.41) is 3.53. The van der Waals surface area contributed by atoms with Crippen molar-refractivity contribution in [1.82, 2.24) is 10.2 Å². The minimum atomic E-state index is -0.198. The third-order valence-electron chi connectivity index (χ3n) is 3.86. The van der Waals surface area contributed by atoms with Gasteiger partial charge >= 0.3 is 6.09 Å². The number of hydrogen-bond donors (Lipinski definition) is 1.